The van der Waals surface area contributed by atoms with Crippen LogP contribution in [0.25, 0.3) is 0 Å². The van der Waals surface area contributed by atoms with Gasteiger partial charge in [-0.15, -0.1) is 0 Å². The van der Waals surface area contributed by atoms with Crippen LogP contribution in [0.15, 0.2) is 59.6 Å². The van der Waals surface area contributed by atoms with Crippen molar-refractivity contribution in [1.82, 2.24) is 15.5 Å². The second-order valence-corrected chi connectivity index (χ2v) is 6.32. The first-order valence-electron chi connectivity index (χ1n) is 7.50. The maximum Gasteiger partial charge on any atom is 0.232 e. The first kappa shape index (κ1) is 15.1. The van der Waals surface area contributed by atoms with Gasteiger partial charge < -0.3 is 10.4 Å². The molecule has 4 aliphatic heterocycles. The van der Waals surface area contributed by atoms with E-state index in [4.69, 9.17) is 0 Å². The second-order valence-electron chi connectivity index (χ2n) is 6.32. The summed E-state index contributed by atoms with van der Waals surface area (Å²) in [4.78, 5) is 23.6. The molecular formula is C17H19N3O3. The summed E-state index contributed by atoms with van der Waals surface area (Å²) in [6.45, 7) is 3.68. The number of carbonyl (C=O) groups excluding carboxylic acids is 2. The van der Waals surface area contributed by atoms with Gasteiger partial charge in [0.15, 0.2) is 0 Å². The Balaban J connectivity index is 0.000000142. The third-order valence-electron chi connectivity index (χ3n) is 4.12. The normalized spacial score (nSPS) is 23.3. The van der Waals surface area contributed by atoms with Gasteiger partial charge in [-0.1, -0.05) is 26.0 Å². The van der Waals surface area contributed by atoms with Crippen LogP contribution in [0.4, 0.5) is 0 Å². The van der Waals surface area contributed by atoms with Crippen molar-refractivity contribution < 1.29 is 14.7 Å². The van der Waals surface area contributed by atoms with Gasteiger partial charge in [0.1, 0.15) is 11.5 Å². The number of hydrogen-bond donors (Lipinski definition) is 3. The van der Waals surface area contributed by atoms with Crippen molar-refractivity contribution in [1.29, 1.82) is 0 Å². The molecule has 0 bridgehead atoms. The standard InChI is InChI=1S/C10H8N2O.C7H11NO2/c13-10-8-5-1-3-7-4-2-6-9(11-10)12(7)8;1-7(2)4-3-5(9)8-6(7)10/h1-6,11,13H;3-4H2,1-2H3,(H,8,9,10). The fourth-order valence-corrected chi connectivity index (χ4v) is 2.60. The van der Waals surface area contributed by atoms with Crippen molar-refractivity contribution in [2.24, 2.45) is 5.41 Å². The molecule has 3 N–H and O–H groups in total. The van der Waals surface area contributed by atoms with Crippen molar-refractivity contribution in [3.05, 3.63) is 59.6 Å². The molecule has 0 unspecified atom stereocenters. The highest BCUT2D eigenvalue weighted by atomic mass is 16.3. The smallest absolute Gasteiger partial charge is 0.232 e. The molecule has 120 valence electrons. The van der Waals surface area contributed by atoms with E-state index in [-0.39, 0.29) is 23.1 Å². The molecule has 1 saturated heterocycles. The molecule has 0 aromatic rings. The number of rotatable bonds is 0. The zero-order valence-corrected chi connectivity index (χ0v) is 13.1. The summed E-state index contributed by atoms with van der Waals surface area (Å²) in [7, 11) is 0. The lowest BCUT2D eigenvalue weighted by atomic mass is 9.84. The van der Waals surface area contributed by atoms with E-state index in [1.807, 2.05) is 55.2 Å². The highest BCUT2D eigenvalue weighted by Crippen LogP contribution is 2.32. The predicted octanol–water partition coefficient (Wildman–Crippen LogP) is 1.93. The first-order valence-corrected chi connectivity index (χ1v) is 7.50. The molecular weight excluding hydrogens is 294 g/mol. The highest BCUT2D eigenvalue weighted by Gasteiger charge is 2.33. The van der Waals surface area contributed by atoms with Crippen molar-refractivity contribution in [3.63, 3.8) is 0 Å². The predicted molar refractivity (Wildman–Crippen MR) is 85.2 cm³/mol. The van der Waals surface area contributed by atoms with Crippen LogP contribution >= 0.6 is 0 Å². The quantitative estimate of drug-likeness (QED) is 0.595. The SMILES string of the molecule is CC1(C)CCC(=O)NC1=O.OC1=C2C=CC=C3C=CC=C(N1)N32. The van der Waals surface area contributed by atoms with Gasteiger partial charge in [0.2, 0.25) is 17.7 Å². The average Bonchev–Trinajstić information content (AvgIpc) is 2.84. The number of allylic oxidation sites excluding steroid dienone is 6. The molecule has 4 heterocycles. The van der Waals surface area contributed by atoms with E-state index < -0.39 is 0 Å². The molecule has 0 saturated carbocycles. The molecule has 0 aliphatic carbocycles. The minimum Gasteiger partial charge on any atom is -0.493 e. The van der Waals surface area contributed by atoms with Crippen molar-refractivity contribution >= 4 is 11.8 Å². The summed E-state index contributed by atoms with van der Waals surface area (Å²) in [6, 6.07) is 0. The number of hydrogen-bond acceptors (Lipinski definition) is 5. The van der Waals surface area contributed by atoms with Gasteiger partial charge in [-0.05, 0) is 30.7 Å². The number of carbonyl (C=O) groups is 2. The third kappa shape index (κ3) is 2.79. The molecule has 4 rings (SSSR count). The summed E-state index contributed by atoms with van der Waals surface area (Å²) >= 11 is 0. The van der Waals surface area contributed by atoms with Crippen LogP contribution in [0, 0.1) is 5.41 Å². The van der Waals surface area contributed by atoms with Gasteiger partial charge in [-0.2, -0.15) is 0 Å². The van der Waals surface area contributed by atoms with Gasteiger partial charge in [0.25, 0.3) is 0 Å². The second kappa shape index (κ2) is 5.46. The molecule has 23 heavy (non-hydrogen) atoms. The molecule has 0 aromatic heterocycles. The summed E-state index contributed by atoms with van der Waals surface area (Å²) < 4.78 is 0. The van der Waals surface area contributed by atoms with Crippen LogP contribution in [0.2, 0.25) is 0 Å². The Morgan fingerprint density at radius 2 is 1.87 bits per heavy atom. The van der Waals surface area contributed by atoms with E-state index in [1.54, 1.807) is 0 Å². The number of nitrogens with one attached hydrogen (secondary N) is 2. The number of nitrogens with zero attached hydrogens (tertiary/aromatic N) is 1. The number of imide groups is 1. The van der Waals surface area contributed by atoms with Gasteiger partial charge >= 0.3 is 0 Å². The molecule has 2 amide bonds. The maximum absolute atomic E-state index is 11.0. The summed E-state index contributed by atoms with van der Waals surface area (Å²) in [6.07, 6.45) is 12.8. The lowest BCUT2D eigenvalue weighted by molar-refractivity contribution is -0.140. The first-order chi connectivity index (χ1) is 10.9. The Kier molecular flexibility index (Phi) is 3.60. The largest absolute Gasteiger partial charge is 0.493 e. The number of aliphatic hydroxyl groups excluding tert-OH is 1. The molecule has 0 spiro atoms. The van der Waals surface area contributed by atoms with Gasteiger partial charge in [-0.3, -0.25) is 19.8 Å². The van der Waals surface area contributed by atoms with Gasteiger partial charge in [-0.25, -0.2) is 0 Å². The van der Waals surface area contributed by atoms with Crippen molar-refractivity contribution in [2.45, 2.75) is 26.7 Å². The summed E-state index contributed by atoms with van der Waals surface area (Å²) in [5.74, 6) is 0.829. The Bertz CT molecular complexity index is 723. The monoisotopic (exact) mass is 313 g/mol. The van der Waals surface area contributed by atoms with E-state index >= 15 is 0 Å². The van der Waals surface area contributed by atoms with E-state index in [0.29, 0.717) is 12.8 Å². The lowest BCUT2D eigenvalue weighted by Crippen LogP contribution is -2.45. The molecule has 6 heteroatoms. The minimum atomic E-state index is -0.353. The maximum atomic E-state index is 11.0. The summed E-state index contributed by atoms with van der Waals surface area (Å²) in [5.41, 5.74) is 1.54. The van der Waals surface area contributed by atoms with Crippen LogP contribution in [0.3, 0.4) is 0 Å². The lowest BCUT2D eigenvalue weighted by Gasteiger charge is -2.26. The molecule has 1 fully saturated rings. The number of aliphatic hydroxyl groups is 1. The molecule has 4 aliphatic rings. The summed E-state index contributed by atoms with van der Waals surface area (Å²) in [5, 5.41) is 14.7. The van der Waals surface area contributed by atoms with E-state index in [0.717, 1.165) is 17.2 Å². The minimum absolute atomic E-state index is 0.149. The molecule has 0 atom stereocenters. The van der Waals surface area contributed by atoms with Crippen molar-refractivity contribution in [2.75, 3.05) is 0 Å². The zero-order valence-electron chi connectivity index (χ0n) is 13.1. The highest BCUT2D eigenvalue weighted by molar-refractivity contribution is 6.00. The molecule has 0 aromatic carbocycles. The van der Waals surface area contributed by atoms with E-state index in [2.05, 4.69) is 10.6 Å². The van der Waals surface area contributed by atoms with Crippen LogP contribution in [-0.2, 0) is 9.59 Å². The van der Waals surface area contributed by atoms with Crippen LogP contribution < -0.4 is 10.6 Å². The van der Waals surface area contributed by atoms with Gasteiger partial charge in [0, 0.05) is 17.5 Å². The third-order valence-corrected chi connectivity index (χ3v) is 4.12. The molecule has 6 nitrogen and oxygen atoms in total. The Morgan fingerprint density at radius 1 is 1.13 bits per heavy atom. The van der Waals surface area contributed by atoms with Crippen LogP contribution in [-0.4, -0.2) is 21.8 Å². The van der Waals surface area contributed by atoms with Crippen LogP contribution in [0.1, 0.15) is 26.7 Å². The fraction of sp³-hybridized carbons (Fsp3) is 0.294. The number of piperidine rings is 1. The van der Waals surface area contributed by atoms with Gasteiger partial charge in [0.05, 0.1) is 0 Å². The van der Waals surface area contributed by atoms with Crippen LogP contribution in [0.5, 0.6) is 0 Å². The average molecular weight is 313 g/mol. The Hall–Kier alpha value is -2.76. The zero-order chi connectivity index (χ0) is 16.6. The molecule has 0 radical (unpaired) electrons. The van der Waals surface area contributed by atoms with E-state index in [1.165, 1.54) is 0 Å². The van der Waals surface area contributed by atoms with E-state index in [9.17, 15) is 14.7 Å². The Morgan fingerprint density at radius 3 is 2.57 bits per heavy atom. The van der Waals surface area contributed by atoms with Crippen molar-refractivity contribution in [3.8, 4) is 0 Å². The Labute approximate surface area is 134 Å². The fourth-order valence-electron chi connectivity index (χ4n) is 2.60. The topological polar surface area (TPSA) is 81.7 Å². The number of amides is 2.